The largest absolute Gasteiger partial charge is 0.481 e. The zero-order valence-corrected chi connectivity index (χ0v) is 13.5. The number of carbonyl (C=O) groups is 2. The summed E-state index contributed by atoms with van der Waals surface area (Å²) in [5.41, 5.74) is 2.36. The molecule has 0 atom stereocenters. The highest BCUT2D eigenvalue weighted by Gasteiger charge is 2.34. The second-order valence-electron chi connectivity index (χ2n) is 7.17. The van der Waals surface area contributed by atoms with Crippen molar-refractivity contribution >= 4 is 12.0 Å². The highest BCUT2D eigenvalue weighted by Crippen LogP contribution is 2.30. The molecule has 0 unspecified atom stereocenters. The lowest BCUT2D eigenvalue weighted by Crippen LogP contribution is -2.53. The normalized spacial score (nSPS) is 25.4. The van der Waals surface area contributed by atoms with Crippen LogP contribution in [0.25, 0.3) is 0 Å². The van der Waals surface area contributed by atoms with Crippen molar-refractivity contribution in [2.24, 2.45) is 5.92 Å². The zero-order chi connectivity index (χ0) is 16.4. The van der Waals surface area contributed by atoms with Gasteiger partial charge in [-0.15, -0.1) is 0 Å². The summed E-state index contributed by atoms with van der Waals surface area (Å²) in [6, 6.07) is 8.25. The highest BCUT2D eigenvalue weighted by atomic mass is 16.4. The van der Waals surface area contributed by atoms with Crippen molar-refractivity contribution in [3.63, 3.8) is 0 Å². The van der Waals surface area contributed by atoms with Crippen LogP contribution in [0.3, 0.4) is 0 Å². The van der Waals surface area contributed by atoms with Gasteiger partial charge in [0.2, 0.25) is 0 Å². The van der Waals surface area contributed by atoms with E-state index < -0.39 is 5.97 Å². The number of carboxylic acid groups (broad SMARTS) is 1. The fraction of sp³-hybridized carbons (Fsp3) is 0.556. The molecule has 1 aromatic rings. The van der Waals surface area contributed by atoms with Crippen LogP contribution in [0, 0.1) is 5.92 Å². The van der Waals surface area contributed by atoms with Crippen molar-refractivity contribution in [1.29, 1.82) is 0 Å². The fourth-order valence-corrected chi connectivity index (χ4v) is 3.87. The van der Waals surface area contributed by atoms with Crippen LogP contribution in [0.2, 0.25) is 0 Å². The number of nitrogens with one attached hydrogen (secondary N) is 2. The number of urea groups is 1. The van der Waals surface area contributed by atoms with Crippen LogP contribution in [0.5, 0.6) is 0 Å². The Balaban J connectivity index is 1.50. The number of aliphatic carboxylic acids is 1. The number of hydrogen-bond acceptors (Lipinski definition) is 2. The third-order valence-corrected chi connectivity index (χ3v) is 5.11. The summed E-state index contributed by atoms with van der Waals surface area (Å²) in [4.78, 5) is 23.3. The van der Waals surface area contributed by atoms with E-state index in [-0.39, 0.29) is 23.5 Å². The van der Waals surface area contributed by atoms with Crippen molar-refractivity contribution in [3.8, 4) is 0 Å². The van der Waals surface area contributed by atoms with Crippen LogP contribution in [-0.2, 0) is 17.6 Å². The summed E-state index contributed by atoms with van der Waals surface area (Å²) in [6.07, 6.45) is 4.46. The zero-order valence-electron chi connectivity index (χ0n) is 13.5. The van der Waals surface area contributed by atoms with Gasteiger partial charge in [0.15, 0.2) is 0 Å². The predicted molar refractivity (Wildman–Crippen MR) is 87.3 cm³/mol. The molecule has 124 valence electrons. The van der Waals surface area contributed by atoms with E-state index in [4.69, 9.17) is 5.11 Å². The van der Waals surface area contributed by atoms with E-state index in [9.17, 15) is 9.59 Å². The second-order valence-corrected chi connectivity index (χ2v) is 7.17. The Kier molecular flexibility index (Phi) is 4.28. The van der Waals surface area contributed by atoms with Gasteiger partial charge in [0.05, 0.1) is 5.92 Å². The average molecular weight is 316 g/mol. The van der Waals surface area contributed by atoms with Gasteiger partial charge in [-0.3, -0.25) is 4.79 Å². The van der Waals surface area contributed by atoms with Gasteiger partial charge in [-0.25, -0.2) is 4.79 Å². The standard InChI is InChI=1S/C18H24N2O3/c1-18(10-13-4-2-3-5-14(13)11-18)20-17(23)19-15-8-6-12(7-9-15)16(21)22/h2-5,12,15H,6-11H2,1H3,(H,21,22)(H2,19,20,23). The molecule has 0 spiro atoms. The number of rotatable bonds is 3. The van der Waals surface area contributed by atoms with Gasteiger partial charge in [0.25, 0.3) is 0 Å². The minimum absolute atomic E-state index is 0.0815. The molecular weight excluding hydrogens is 292 g/mol. The first-order valence-electron chi connectivity index (χ1n) is 8.33. The van der Waals surface area contributed by atoms with Crippen LogP contribution in [-0.4, -0.2) is 28.7 Å². The first kappa shape index (κ1) is 15.8. The Morgan fingerprint density at radius 3 is 2.17 bits per heavy atom. The number of carboxylic acids is 1. The van der Waals surface area contributed by atoms with E-state index in [0.717, 1.165) is 25.7 Å². The van der Waals surface area contributed by atoms with Gasteiger partial charge < -0.3 is 15.7 Å². The molecule has 2 amide bonds. The Labute approximate surface area is 136 Å². The molecule has 2 aliphatic carbocycles. The monoisotopic (exact) mass is 316 g/mol. The van der Waals surface area contributed by atoms with Gasteiger partial charge in [-0.2, -0.15) is 0 Å². The molecule has 5 heteroatoms. The van der Waals surface area contributed by atoms with E-state index >= 15 is 0 Å². The van der Waals surface area contributed by atoms with E-state index in [1.54, 1.807) is 0 Å². The lowest BCUT2D eigenvalue weighted by atomic mass is 9.86. The number of benzene rings is 1. The van der Waals surface area contributed by atoms with Crippen molar-refractivity contribution in [2.45, 2.75) is 57.0 Å². The summed E-state index contributed by atoms with van der Waals surface area (Å²) in [5.74, 6) is -0.970. The van der Waals surface area contributed by atoms with E-state index in [1.807, 2.05) is 12.1 Å². The summed E-state index contributed by atoms with van der Waals surface area (Å²) < 4.78 is 0. The molecule has 0 aromatic heterocycles. The predicted octanol–water partition coefficient (Wildman–Crippen LogP) is 2.49. The maximum Gasteiger partial charge on any atom is 0.315 e. The van der Waals surface area contributed by atoms with Crippen LogP contribution in [0.4, 0.5) is 4.79 Å². The lowest BCUT2D eigenvalue weighted by Gasteiger charge is -2.30. The van der Waals surface area contributed by atoms with Gasteiger partial charge in [-0.1, -0.05) is 24.3 Å². The van der Waals surface area contributed by atoms with Crippen LogP contribution in [0.15, 0.2) is 24.3 Å². The van der Waals surface area contributed by atoms with E-state index in [1.165, 1.54) is 11.1 Å². The molecule has 3 N–H and O–H groups in total. The smallest absolute Gasteiger partial charge is 0.315 e. The van der Waals surface area contributed by atoms with Crippen molar-refractivity contribution in [2.75, 3.05) is 0 Å². The van der Waals surface area contributed by atoms with Crippen LogP contribution < -0.4 is 10.6 Å². The SMILES string of the molecule is CC1(NC(=O)NC2CCC(C(=O)O)CC2)Cc2ccccc2C1. The van der Waals surface area contributed by atoms with Crippen LogP contribution >= 0.6 is 0 Å². The molecule has 3 rings (SSSR count). The number of amides is 2. The van der Waals surface area contributed by atoms with Gasteiger partial charge in [0, 0.05) is 11.6 Å². The van der Waals surface area contributed by atoms with Gasteiger partial charge >= 0.3 is 12.0 Å². The maximum absolute atomic E-state index is 12.3. The molecule has 1 aromatic carbocycles. The first-order chi connectivity index (χ1) is 11.0. The van der Waals surface area contributed by atoms with E-state index in [0.29, 0.717) is 12.8 Å². The maximum atomic E-state index is 12.3. The number of hydrogen-bond donors (Lipinski definition) is 3. The molecule has 23 heavy (non-hydrogen) atoms. The Hall–Kier alpha value is -2.04. The van der Waals surface area contributed by atoms with E-state index in [2.05, 4.69) is 29.7 Å². The molecule has 0 aliphatic heterocycles. The topological polar surface area (TPSA) is 78.4 Å². The molecule has 0 bridgehead atoms. The van der Waals surface area contributed by atoms with Gasteiger partial charge in [-0.05, 0) is 56.6 Å². The number of carbonyl (C=O) groups excluding carboxylic acids is 1. The van der Waals surface area contributed by atoms with Gasteiger partial charge in [0.1, 0.15) is 0 Å². The molecular formula is C18H24N2O3. The lowest BCUT2D eigenvalue weighted by molar-refractivity contribution is -0.142. The molecule has 1 fully saturated rings. The Morgan fingerprint density at radius 2 is 1.65 bits per heavy atom. The average Bonchev–Trinajstić information content (AvgIpc) is 2.82. The van der Waals surface area contributed by atoms with Crippen LogP contribution in [0.1, 0.15) is 43.7 Å². The summed E-state index contributed by atoms with van der Waals surface area (Å²) in [5, 5.41) is 15.1. The molecule has 0 saturated heterocycles. The number of fused-ring (bicyclic) bond motifs is 1. The van der Waals surface area contributed by atoms with Crippen molar-refractivity contribution in [3.05, 3.63) is 35.4 Å². The molecule has 2 aliphatic rings. The minimum Gasteiger partial charge on any atom is -0.481 e. The fourth-order valence-electron chi connectivity index (χ4n) is 3.87. The van der Waals surface area contributed by atoms with Crippen molar-refractivity contribution in [1.82, 2.24) is 10.6 Å². The Morgan fingerprint density at radius 1 is 1.09 bits per heavy atom. The van der Waals surface area contributed by atoms with Crippen molar-refractivity contribution < 1.29 is 14.7 Å². The molecule has 0 heterocycles. The summed E-state index contributed by atoms with van der Waals surface area (Å²) in [6.45, 7) is 2.08. The third-order valence-electron chi connectivity index (χ3n) is 5.11. The molecule has 1 saturated carbocycles. The Bertz CT molecular complexity index is 581. The third kappa shape index (κ3) is 3.66. The second kappa shape index (κ2) is 6.22. The first-order valence-corrected chi connectivity index (χ1v) is 8.33. The summed E-state index contributed by atoms with van der Waals surface area (Å²) in [7, 11) is 0. The minimum atomic E-state index is -0.718. The quantitative estimate of drug-likeness (QED) is 0.801. The molecule has 0 radical (unpaired) electrons. The molecule has 5 nitrogen and oxygen atoms in total. The summed E-state index contributed by atoms with van der Waals surface area (Å²) >= 11 is 0. The highest BCUT2D eigenvalue weighted by molar-refractivity contribution is 5.75.